The first-order valence-electron chi connectivity index (χ1n) is 5.11. The maximum atomic E-state index is 9.76. The molecular weight excluding hydrogens is 178 g/mol. The zero-order valence-corrected chi connectivity index (χ0v) is 9.79. The fourth-order valence-electron chi connectivity index (χ4n) is 1.14. The lowest BCUT2D eigenvalue weighted by molar-refractivity contribution is -0.236. The summed E-state index contributed by atoms with van der Waals surface area (Å²) in [6.07, 6.45) is 1.91. The summed E-state index contributed by atoms with van der Waals surface area (Å²) < 4.78 is 5.44. The van der Waals surface area contributed by atoms with Crippen molar-refractivity contribution in [2.75, 3.05) is 13.1 Å². The minimum absolute atomic E-state index is 0.327. The van der Waals surface area contributed by atoms with E-state index in [1.807, 2.05) is 25.7 Å². The molecule has 0 spiro atoms. The molecule has 0 aliphatic carbocycles. The van der Waals surface area contributed by atoms with E-state index in [1.54, 1.807) is 6.08 Å². The molecule has 1 unspecified atom stereocenters. The van der Waals surface area contributed by atoms with Crippen molar-refractivity contribution in [3.63, 3.8) is 0 Å². The normalized spacial score (nSPS) is 14.4. The van der Waals surface area contributed by atoms with Crippen molar-refractivity contribution in [1.82, 2.24) is 4.90 Å². The number of hydrogen-bond donors (Lipinski definition) is 1. The highest BCUT2D eigenvalue weighted by Crippen LogP contribution is 2.12. The van der Waals surface area contributed by atoms with Gasteiger partial charge in [0.1, 0.15) is 0 Å². The van der Waals surface area contributed by atoms with E-state index in [-0.39, 0.29) is 5.60 Å². The molecule has 0 amide bonds. The molecule has 84 valence electrons. The van der Waals surface area contributed by atoms with Crippen LogP contribution in [0.25, 0.3) is 0 Å². The molecular formula is C11H23NO2. The van der Waals surface area contributed by atoms with Gasteiger partial charge in [-0.15, -0.1) is 6.58 Å². The third-order valence-electron chi connectivity index (χ3n) is 1.65. The summed E-state index contributed by atoms with van der Waals surface area (Å²) in [5, 5.41) is 9.76. The molecule has 0 fully saturated rings. The lowest BCUT2D eigenvalue weighted by Gasteiger charge is -2.31. The maximum Gasteiger partial charge on any atom is 0.216 e. The van der Waals surface area contributed by atoms with Crippen LogP contribution in [-0.4, -0.2) is 35.1 Å². The van der Waals surface area contributed by atoms with Crippen LogP contribution in [0.4, 0.5) is 0 Å². The first kappa shape index (κ1) is 13.6. The average molecular weight is 201 g/mol. The zero-order valence-electron chi connectivity index (χ0n) is 9.79. The second-order valence-corrected chi connectivity index (χ2v) is 4.34. The van der Waals surface area contributed by atoms with Crippen molar-refractivity contribution in [2.24, 2.45) is 0 Å². The largest absolute Gasteiger partial charge is 0.356 e. The van der Waals surface area contributed by atoms with E-state index in [2.05, 4.69) is 13.5 Å². The molecule has 0 rings (SSSR count). The van der Waals surface area contributed by atoms with Gasteiger partial charge >= 0.3 is 0 Å². The van der Waals surface area contributed by atoms with E-state index in [4.69, 9.17) is 4.74 Å². The highest BCUT2D eigenvalue weighted by Gasteiger charge is 2.21. The molecule has 0 radical (unpaired) electrons. The van der Waals surface area contributed by atoms with Crippen molar-refractivity contribution >= 4 is 0 Å². The number of rotatable bonds is 6. The van der Waals surface area contributed by atoms with Gasteiger partial charge in [0.05, 0.1) is 5.60 Å². The number of aliphatic hydroxyl groups excluding tert-OH is 1. The van der Waals surface area contributed by atoms with E-state index in [1.165, 1.54) is 0 Å². The van der Waals surface area contributed by atoms with Gasteiger partial charge in [-0.2, -0.15) is 0 Å². The van der Waals surface area contributed by atoms with Crippen LogP contribution in [-0.2, 0) is 4.74 Å². The summed E-state index contributed by atoms with van der Waals surface area (Å²) in [7, 11) is 0. The predicted octanol–water partition coefficient (Wildman–Crippen LogP) is 1.98. The van der Waals surface area contributed by atoms with Gasteiger partial charge in [-0.05, 0) is 27.2 Å². The molecule has 0 saturated heterocycles. The van der Waals surface area contributed by atoms with Gasteiger partial charge in [-0.1, -0.05) is 13.0 Å². The molecule has 0 aliphatic rings. The third-order valence-corrected chi connectivity index (χ3v) is 1.65. The average Bonchev–Trinajstić information content (AvgIpc) is 2.01. The molecule has 14 heavy (non-hydrogen) atoms. The highest BCUT2D eigenvalue weighted by molar-refractivity contribution is 4.73. The molecule has 0 aliphatic heterocycles. The zero-order chi connectivity index (χ0) is 11.2. The molecule has 0 aromatic heterocycles. The number of ether oxygens (including phenoxy) is 1. The molecule has 0 aromatic carbocycles. The Hall–Kier alpha value is -0.380. The Balaban J connectivity index is 4.13. The van der Waals surface area contributed by atoms with Crippen LogP contribution in [0.2, 0.25) is 0 Å². The van der Waals surface area contributed by atoms with Crippen LogP contribution in [0.3, 0.4) is 0 Å². The van der Waals surface area contributed by atoms with Gasteiger partial charge < -0.3 is 9.84 Å². The first-order chi connectivity index (χ1) is 6.40. The summed E-state index contributed by atoms with van der Waals surface area (Å²) >= 11 is 0. The summed E-state index contributed by atoms with van der Waals surface area (Å²) in [5.41, 5.74) is -0.327. The van der Waals surface area contributed by atoms with Gasteiger partial charge in [0, 0.05) is 13.1 Å². The monoisotopic (exact) mass is 201 g/mol. The second kappa shape index (κ2) is 6.17. The first-order valence-corrected chi connectivity index (χ1v) is 5.11. The van der Waals surface area contributed by atoms with E-state index in [9.17, 15) is 5.11 Å². The third kappa shape index (κ3) is 6.13. The Kier molecular flexibility index (Phi) is 6.00. The lowest BCUT2D eigenvalue weighted by Crippen LogP contribution is -2.42. The summed E-state index contributed by atoms with van der Waals surface area (Å²) in [6, 6.07) is 0. The number of hydrogen-bond acceptors (Lipinski definition) is 3. The molecule has 1 N–H and O–H groups in total. The Morgan fingerprint density at radius 3 is 2.43 bits per heavy atom. The predicted molar refractivity (Wildman–Crippen MR) is 58.9 cm³/mol. The number of nitrogens with zero attached hydrogens (tertiary/aromatic N) is 1. The van der Waals surface area contributed by atoms with Crippen LogP contribution in [0.15, 0.2) is 12.7 Å². The smallest absolute Gasteiger partial charge is 0.216 e. The molecule has 3 heteroatoms. The standard InChI is InChI=1S/C11H23NO2/c1-6-8-12(9-7-2)10(13)14-11(3,4)5/h6,10,13H,1,7-9H2,2-5H3. The minimum Gasteiger partial charge on any atom is -0.356 e. The molecule has 0 heterocycles. The van der Waals surface area contributed by atoms with E-state index >= 15 is 0 Å². The summed E-state index contributed by atoms with van der Waals surface area (Å²) in [4.78, 5) is 1.85. The Bertz CT molecular complexity index is 163. The Labute approximate surface area is 87.4 Å². The van der Waals surface area contributed by atoms with Crippen molar-refractivity contribution < 1.29 is 9.84 Å². The molecule has 0 aromatic rings. The van der Waals surface area contributed by atoms with Gasteiger partial charge in [-0.25, -0.2) is 0 Å². The van der Waals surface area contributed by atoms with Crippen LogP contribution in [0.1, 0.15) is 34.1 Å². The Morgan fingerprint density at radius 2 is 2.07 bits per heavy atom. The number of aliphatic hydroxyl groups is 1. The Morgan fingerprint density at radius 1 is 1.50 bits per heavy atom. The fraction of sp³-hybridized carbons (Fsp3) is 0.818. The lowest BCUT2D eigenvalue weighted by atomic mass is 10.2. The van der Waals surface area contributed by atoms with Crippen molar-refractivity contribution in [1.29, 1.82) is 0 Å². The summed E-state index contributed by atoms with van der Waals surface area (Å²) in [6.45, 7) is 12.9. The van der Waals surface area contributed by atoms with Crippen molar-refractivity contribution in [3.8, 4) is 0 Å². The fourth-order valence-corrected chi connectivity index (χ4v) is 1.14. The topological polar surface area (TPSA) is 32.7 Å². The molecule has 0 saturated carbocycles. The quantitative estimate of drug-likeness (QED) is 0.527. The second-order valence-electron chi connectivity index (χ2n) is 4.34. The van der Waals surface area contributed by atoms with Crippen molar-refractivity contribution in [2.45, 2.75) is 46.1 Å². The van der Waals surface area contributed by atoms with Crippen LogP contribution in [0, 0.1) is 0 Å². The summed E-state index contributed by atoms with van der Waals surface area (Å²) in [5.74, 6) is 0. The highest BCUT2D eigenvalue weighted by atomic mass is 16.6. The van der Waals surface area contributed by atoms with E-state index in [0.29, 0.717) is 6.54 Å². The maximum absolute atomic E-state index is 9.76. The van der Waals surface area contributed by atoms with Crippen molar-refractivity contribution in [3.05, 3.63) is 12.7 Å². The van der Waals surface area contributed by atoms with Crippen LogP contribution < -0.4 is 0 Å². The van der Waals surface area contributed by atoms with Crippen LogP contribution >= 0.6 is 0 Å². The molecule has 1 atom stereocenters. The SMILES string of the molecule is C=CCN(CCC)C(O)OC(C)(C)C. The van der Waals surface area contributed by atoms with E-state index < -0.39 is 6.41 Å². The van der Waals surface area contributed by atoms with E-state index in [0.717, 1.165) is 13.0 Å². The minimum atomic E-state index is -0.840. The van der Waals surface area contributed by atoms with Crippen LogP contribution in [0.5, 0.6) is 0 Å². The molecule has 3 nitrogen and oxygen atoms in total. The molecule has 0 bridgehead atoms. The van der Waals surface area contributed by atoms with Gasteiger partial charge in [0.15, 0.2) is 0 Å². The van der Waals surface area contributed by atoms with Gasteiger partial charge in [-0.3, -0.25) is 4.90 Å². The van der Waals surface area contributed by atoms with Gasteiger partial charge in [0.2, 0.25) is 6.41 Å². The van der Waals surface area contributed by atoms with Gasteiger partial charge in [0.25, 0.3) is 0 Å².